The number of carbonyl (C=O) groups excluding carboxylic acids is 1. The molecule has 0 saturated carbocycles. The van der Waals surface area contributed by atoms with Gasteiger partial charge in [-0.25, -0.2) is 9.18 Å². The average Bonchev–Trinajstić information content (AvgIpc) is 2.30. The Balaban J connectivity index is 2.46. The Labute approximate surface area is 104 Å². The number of hydrogen-bond acceptors (Lipinski definition) is 4. The fourth-order valence-corrected chi connectivity index (χ4v) is 1.40. The molecule has 0 spiro atoms. The van der Waals surface area contributed by atoms with Crippen LogP contribution in [0.3, 0.4) is 0 Å². The van der Waals surface area contributed by atoms with E-state index in [0.29, 0.717) is 17.7 Å². The maximum Gasteiger partial charge on any atom is 0.404 e. The van der Waals surface area contributed by atoms with Gasteiger partial charge in [-0.3, -0.25) is 0 Å². The molecule has 3 N–H and O–H groups in total. The summed E-state index contributed by atoms with van der Waals surface area (Å²) in [6, 6.07) is 3.90. The Morgan fingerprint density at radius 2 is 2.28 bits per heavy atom. The standard InChI is InChI=1S/C12H16FNO4/c1-8(18-12(14)16)4-5-17-11-3-2-10(13)6-9(11)7-15/h2-3,6,8,15H,4-5,7H2,1H3,(H2,14,16). The summed E-state index contributed by atoms with van der Waals surface area (Å²) in [6.07, 6.45) is -0.744. The molecule has 18 heavy (non-hydrogen) atoms. The van der Waals surface area contributed by atoms with Crippen LogP contribution < -0.4 is 10.5 Å². The molecule has 6 heteroatoms. The molecule has 0 radical (unpaired) electrons. The molecule has 1 unspecified atom stereocenters. The smallest absolute Gasteiger partial charge is 0.404 e. The minimum absolute atomic E-state index is 0.271. The lowest BCUT2D eigenvalue weighted by Gasteiger charge is -2.13. The van der Waals surface area contributed by atoms with Crippen LogP contribution in [0.1, 0.15) is 18.9 Å². The van der Waals surface area contributed by atoms with Crippen LogP contribution in [0, 0.1) is 5.82 Å². The van der Waals surface area contributed by atoms with Crippen molar-refractivity contribution in [2.24, 2.45) is 5.73 Å². The summed E-state index contributed by atoms with van der Waals surface area (Å²) in [7, 11) is 0. The minimum Gasteiger partial charge on any atom is -0.493 e. The molecule has 1 rings (SSSR count). The van der Waals surface area contributed by atoms with Crippen LogP contribution in [-0.2, 0) is 11.3 Å². The van der Waals surface area contributed by atoms with Crippen molar-refractivity contribution in [1.82, 2.24) is 0 Å². The summed E-state index contributed by atoms with van der Waals surface area (Å²) in [5.74, 6) is -0.0259. The Kier molecular flexibility index (Phi) is 5.38. The van der Waals surface area contributed by atoms with Gasteiger partial charge in [0.15, 0.2) is 0 Å². The maximum atomic E-state index is 12.9. The van der Waals surface area contributed by atoms with Crippen LogP contribution >= 0.6 is 0 Å². The lowest BCUT2D eigenvalue weighted by Crippen LogP contribution is -2.22. The molecular formula is C12H16FNO4. The number of amides is 1. The molecule has 0 aromatic heterocycles. The van der Waals surface area contributed by atoms with E-state index in [1.165, 1.54) is 18.2 Å². The van der Waals surface area contributed by atoms with Crippen molar-refractivity contribution in [3.05, 3.63) is 29.6 Å². The summed E-state index contributed by atoms with van der Waals surface area (Å²) >= 11 is 0. The number of carbonyl (C=O) groups is 1. The van der Waals surface area contributed by atoms with Crippen LogP contribution in [0.15, 0.2) is 18.2 Å². The van der Waals surface area contributed by atoms with Crippen LogP contribution in [0.4, 0.5) is 9.18 Å². The third-order valence-corrected chi connectivity index (χ3v) is 2.29. The van der Waals surface area contributed by atoms with Gasteiger partial charge in [0.2, 0.25) is 0 Å². The quantitative estimate of drug-likeness (QED) is 0.810. The average molecular weight is 257 g/mol. The molecular weight excluding hydrogens is 241 g/mol. The molecule has 0 saturated heterocycles. The minimum atomic E-state index is -0.833. The summed E-state index contributed by atoms with van der Waals surface area (Å²) in [6.45, 7) is 1.65. The predicted molar refractivity (Wildman–Crippen MR) is 62.6 cm³/mol. The first-order valence-electron chi connectivity index (χ1n) is 5.51. The fourth-order valence-electron chi connectivity index (χ4n) is 1.40. The second-order valence-electron chi connectivity index (χ2n) is 3.79. The summed E-state index contributed by atoms with van der Waals surface area (Å²) in [5, 5.41) is 9.04. The lowest BCUT2D eigenvalue weighted by atomic mass is 10.2. The number of primary amides is 1. The van der Waals surface area contributed by atoms with E-state index in [4.69, 9.17) is 20.3 Å². The van der Waals surface area contributed by atoms with Gasteiger partial charge in [0.1, 0.15) is 17.7 Å². The van der Waals surface area contributed by atoms with Gasteiger partial charge < -0.3 is 20.3 Å². The van der Waals surface area contributed by atoms with Crippen LogP contribution in [-0.4, -0.2) is 23.9 Å². The number of benzene rings is 1. The molecule has 0 aliphatic carbocycles. The molecule has 0 bridgehead atoms. The second kappa shape index (κ2) is 6.80. The van der Waals surface area contributed by atoms with Crippen molar-refractivity contribution in [1.29, 1.82) is 0 Å². The van der Waals surface area contributed by atoms with E-state index in [1.807, 2.05) is 0 Å². The molecule has 0 heterocycles. The highest BCUT2D eigenvalue weighted by molar-refractivity contribution is 5.64. The first kappa shape index (κ1) is 14.2. The van der Waals surface area contributed by atoms with Crippen LogP contribution in [0.5, 0.6) is 5.75 Å². The molecule has 0 aliphatic heterocycles. The molecule has 0 fully saturated rings. The predicted octanol–water partition coefficient (Wildman–Crippen LogP) is 1.57. The van der Waals surface area contributed by atoms with E-state index in [0.717, 1.165) is 0 Å². The van der Waals surface area contributed by atoms with Gasteiger partial charge in [0.25, 0.3) is 0 Å². The Morgan fingerprint density at radius 1 is 1.56 bits per heavy atom. The van der Waals surface area contributed by atoms with Gasteiger partial charge >= 0.3 is 6.09 Å². The summed E-state index contributed by atoms with van der Waals surface area (Å²) < 4.78 is 23.0. The van der Waals surface area contributed by atoms with Gasteiger partial charge in [-0.2, -0.15) is 0 Å². The summed E-state index contributed by atoms with van der Waals surface area (Å²) in [5.41, 5.74) is 5.24. The van der Waals surface area contributed by atoms with Gasteiger partial charge in [-0.15, -0.1) is 0 Å². The van der Waals surface area contributed by atoms with Crippen LogP contribution in [0.25, 0.3) is 0 Å². The second-order valence-corrected chi connectivity index (χ2v) is 3.79. The number of rotatable bonds is 6. The third kappa shape index (κ3) is 4.58. The van der Waals surface area contributed by atoms with Gasteiger partial charge in [-0.1, -0.05) is 0 Å². The molecule has 1 aromatic carbocycles. The van der Waals surface area contributed by atoms with Gasteiger partial charge in [0, 0.05) is 12.0 Å². The highest BCUT2D eigenvalue weighted by Gasteiger charge is 2.08. The molecule has 1 aromatic rings. The third-order valence-electron chi connectivity index (χ3n) is 2.29. The monoisotopic (exact) mass is 257 g/mol. The van der Waals surface area contributed by atoms with Crippen molar-refractivity contribution >= 4 is 6.09 Å². The van der Waals surface area contributed by atoms with Crippen molar-refractivity contribution in [3.63, 3.8) is 0 Å². The molecule has 1 atom stereocenters. The van der Waals surface area contributed by atoms with E-state index in [9.17, 15) is 9.18 Å². The zero-order valence-electron chi connectivity index (χ0n) is 10.1. The Morgan fingerprint density at radius 3 is 2.89 bits per heavy atom. The molecule has 100 valence electrons. The largest absolute Gasteiger partial charge is 0.493 e. The number of halogens is 1. The van der Waals surface area contributed by atoms with Gasteiger partial charge in [0.05, 0.1) is 13.2 Å². The topological polar surface area (TPSA) is 81.8 Å². The Bertz CT molecular complexity index is 411. The number of nitrogens with two attached hydrogens (primary N) is 1. The number of hydrogen-bond donors (Lipinski definition) is 2. The number of aliphatic hydroxyl groups excluding tert-OH is 1. The summed E-state index contributed by atoms with van der Waals surface area (Å²) in [4.78, 5) is 10.5. The van der Waals surface area contributed by atoms with E-state index >= 15 is 0 Å². The van der Waals surface area contributed by atoms with Crippen LogP contribution in [0.2, 0.25) is 0 Å². The van der Waals surface area contributed by atoms with Crippen molar-refractivity contribution in [2.75, 3.05) is 6.61 Å². The van der Waals surface area contributed by atoms with Gasteiger partial charge in [-0.05, 0) is 25.1 Å². The zero-order valence-corrected chi connectivity index (χ0v) is 10.1. The highest BCUT2D eigenvalue weighted by Crippen LogP contribution is 2.20. The first-order chi connectivity index (χ1) is 8.52. The number of aliphatic hydroxyl groups is 1. The number of ether oxygens (including phenoxy) is 2. The fraction of sp³-hybridized carbons (Fsp3) is 0.417. The highest BCUT2D eigenvalue weighted by atomic mass is 19.1. The Hall–Kier alpha value is -1.82. The maximum absolute atomic E-state index is 12.9. The normalized spacial score (nSPS) is 11.9. The lowest BCUT2D eigenvalue weighted by molar-refractivity contribution is 0.101. The van der Waals surface area contributed by atoms with Crippen molar-refractivity contribution in [3.8, 4) is 5.75 Å². The van der Waals surface area contributed by atoms with E-state index in [-0.39, 0.29) is 19.3 Å². The van der Waals surface area contributed by atoms with Crippen molar-refractivity contribution < 1.29 is 23.8 Å². The molecule has 1 amide bonds. The first-order valence-corrected chi connectivity index (χ1v) is 5.51. The van der Waals surface area contributed by atoms with E-state index in [1.54, 1.807) is 6.92 Å². The SMILES string of the molecule is CC(CCOc1ccc(F)cc1CO)OC(N)=O. The van der Waals surface area contributed by atoms with E-state index < -0.39 is 11.9 Å². The zero-order chi connectivity index (χ0) is 13.5. The molecule has 5 nitrogen and oxygen atoms in total. The van der Waals surface area contributed by atoms with E-state index in [2.05, 4.69) is 0 Å². The molecule has 0 aliphatic rings. The van der Waals surface area contributed by atoms with Crippen molar-refractivity contribution in [2.45, 2.75) is 26.1 Å².